The summed E-state index contributed by atoms with van der Waals surface area (Å²) in [4.78, 5) is 12.5. The molecule has 1 aliphatic rings. The average Bonchev–Trinajstić information content (AvgIpc) is 2.79. The minimum absolute atomic E-state index is 0.0831. The van der Waals surface area contributed by atoms with Gasteiger partial charge in [0.15, 0.2) is 0 Å². The van der Waals surface area contributed by atoms with Crippen LogP contribution < -0.4 is 0 Å². The molecule has 0 saturated carbocycles. The fourth-order valence-corrected chi connectivity index (χ4v) is 2.45. The van der Waals surface area contributed by atoms with Crippen molar-refractivity contribution < 1.29 is 28.2 Å². The number of aliphatic hydroxyl groups is 1. The number of halogens is 3. The Morgan fingerprint density at radius 1 is 1.43 bits per heavy atom. The Balaban J connectivity index is 2.48. The molecular weight excluding hydrogens is 313 g/mol. The molecular formula is C15H17F3N2O3. The summed E-state index contributed by atoms with van der Waals surface area (Å²) in [7, 11) is 0. The third-order valence-electron chi connectivity index (χ3n) is 3.76. The van der Waals surface area contributed by atoms with Crippen molar-refractivity contribution in [2.45, 2.75) is 45.0 Å². The van der Waals surface area contributed by atoms with E-state index in [2.05, 4.69) is 5.10 Å². The Labute approximate surface area is 131 Å². The van der Waals surface area contributed by atoms with Gasteiger partial charge < -0.3 is 10.2 Å². The van der Waals surface area contributed by atoms with Gasteiger partial charge in [0.1, 0.15) is 5.75 Å². The highest BCUT2D eigenvalue weighted by Gasteiger charge is 2.63. The molecule has 5 nitrogen and oxygen atoms in total. The normalized spacial score (nSPS) is 21.5. The summed E-state index contributed by atoms with van der Waals surface area (Å²) in [5.41, 5.74) is -3.28. The van der Waals surface area contributed by atoms with Gasteiger partial charge in [0.2, 0.25) is 0 Å². The second-order valence-corrected chi connectivity index (χ2v) is 5.47. The predicted octanol–water partition coefficient (Wildman–Crippen LogP) is 2.95. The molecule has 1 aliphatic heterocycles. The number of phenols is 1. The second-order valence-electron chi connectivity index (χ2n) is 5.47. The number of hydrogen-bond acceptors (Lipinski definition) is 4. The fourth-order valence-electron chi connectivity index (χ4n) is 2.45. The van der Waals surface area contributed by atoms with Crippen LogP contribution in [0.15, 0.2) is 23.3 Å². The Morgan fingerprint density at radius 2 is 2.09 bits per heavy atom. The van der Waals surface area contributed by atoms with Crippen molar-refractivity contribution in [1.82, 2.24) is 5.01 Å². The van der Waals surface area contributed by atoms with Gasteiger partial charge in [0.25, 0.3) is 11.6 Å². The molecule has 8 heteroatoms. The van der Waals surface area contributed by atoms with Gasteiger partial charge in [-0.05, 0) is 25.5 Å². The van der Waals surface area contributed by atoms with Crippen LogP contribution in [0.25, 0.3) is 0 Å². The van der Waals surface area contributed by atoms with E-state index in [4.69, 9.17) is 0 Å². The maximum Gasteiger partial charge on any atom is 0.438 e. The van der Waals surface area contributed by atoms with Crippen LogP contribution in [-0.2, 0) is 0 Å². The maximum atomic E-state index is 13.3. The lowest BCUT2D eigenvalue weighted by molar-refractivity contribution is -0.297. The van der Waals surface area contributed by atoms with Crippen LogP contribution >= 0.6 is 0 Å². The lowest BCUT2D eigenvalue weighted by Gasteiger charge is -2.32. The highest BCUT2D eigenvalue weighted by molar-refractivity contribution is 5.99. The van der Waals surface area contributed by atoms with Gasteiger partial charge >= 0.3 is 6.18 Å². The lowest BCUT2D eigenvalue weighted by atomic mass is 10.0. The fraction of sp³-hybridized carbons (Fsp3) is 0.467. The summed E-state index contributed by atoms with van der Waals surface area (Å²) in [6.45, 7) is 3.17. The van der Waals surface area contributed by atoms with Crippen molar-refractivity contribution in [3.63, 3.8) is 0 Å². The van der Waals surface area contributed by atoms with E-state index in [1.807, 2.05) is 0 Å². The van der Waals surface area contributed by atoms with E-state index < -0.39 is 24.2 Å². The minimum atomic E-state index is -5.05. The molecule has 1 heterocycles. The van der Waals surface area contributed by atoms with E-state index in [0.29, 0.717) is 6.42 Å². The van der Waals surface area contributed by atoms with Crippen LogP contribution in [0, 0.1) is 6.92 Å². The van der Waals surface area contributed by atoms with E-state index in [9.17, 15) is 28.2 Å². The SMILES string of the molecule is CCCC1=NN(C(=O)c2cccc(O)c2C)C(O)(C(F)(F)F)C1. The van der Waals surface area contributed by atoms with E-state index in [1.54, 1.807) is 6.92 Å². The first kappa shape index (κ1) is 17.3. The molecule has 0 aliphatic carbocycles. The smallest absolute Gasteiger partial charge is 0.438 e. The highest BCUT2D eigenvalue weighted by Crippen LogP contribution is 2.42. The monoisotopic (exact) mass is 330 g/mol. The third-order valence-corrected chi connectivity index (χ3v) is 3.76. The largest absolute Gasteiger partial charge is 0.508 e. The van der Waals surface area contributed by atoms with Crippen molar-refractivity contribution in [3.8, 4) is 5.75 Å². The van der Waals surface area contributed by atoms with Gasteiger partial charge in [-0.25, -0.2) is 0 Å². The van der Waals surface area contributed by atoms with E-state index in [0.717, 1.165) is 0 Å². The van der Waals surface area contributed by atoms with Crippen molar-refractivity contribution in [1.29, 1.82) is 0 Å². The molecule has 1 aromatic rings. The zero-order chi connectivity index (χ0) is 17.4. The zero-order valence-corrected chi connectivity index (χ0v) is 12.7. The lowest BCUT2D eigenvalue weighted by Crippen LogP contribution is -2.56. The number of hydrazone groups is 1. The summed E-state index contributed by atoms with van der Waals surface area (Å²) < 4.78 is 39.9. The Kier molecular flexibility index (Phi) is 4.39. The molecule has 1 unspecified atom stereocenters. The van der Waals surface area contributed by atoms with Crippen LogP contribution in [0.1, 0.15) is 42.1 Å². The summed E-state index contributed by atoms with van der Waals surface area (Å²) in [5, 5.41) is 23.5. The first-order valence-corrected chi connectivity index (χ1v) is 7.10. The first-order valence-electron chi connectivity index (χ1n) is 7.10. The molecule has 1 aromatic carbocycles. The van der Waals surface area contributed by atoms with Crippen molar-refractivity contribution in [2.24, 2.45) is 5.10 Å². The zero-order valence-electron chi connectivity index (χ0n) is 12.7. The predicted molar refractivity (Wildman–Crippen MR) is 77.0 cm³/mol. The van der Waals surface area contributed by atoms with Crippen LogP contribution in [0.5, 0.6) is 5.75 Å². The summed E-state index contributed by atoms with van der Waals surface area (Å²) in [6, 6.07) is 3.94. The second kappa shape index (κ2) is 5.84. The van der Waals surface area contributed by atoms with Gasteiger partial charge in [-0.2, -0.15) is 23.3 Å². The summed E-state index contributed by atoms with van der Waals surface area (Å²) >= 11 is 0. The van der Waals surface area contributed by atoms with Crippen LogP contribution in [0.2, 0.25) is 0 Å². The van der Waals surface area contributed by atoms with Gasteiger partial charge in [-0.3, -0.25) is 4.79 Å². The van der Waals surface area contributed by atoms with Gasteiger partial charge in [0.05, 0.1) is 0 Å². The van der Waals surface area contributed by atoms with Crippen LogP contribution in [-0.4, -0.2) is 38.7 Å². The van der Waals surface area contributed by atoms with Crippen molar-refractivity contribution in [2.75, 3.05) is 0 Å². The van der Waals surface area contributed by atoms with Gasteiger partial charge in [-0.1, -0.05) is 19.4 Å². The van der Waals surface area contributed by atoms with E-state index in [-0.39, 0.29) is 34.0 Å². The Hall–Kier alpha value is -2.09. The maximum absolute atomic E-state index is 13.3. The number of amides is 1. The molecule has 126 valence electrons. The number of benzene rings is 1. The minimum Gasteiger partial charge on any atom is -0.508 e. The Bertz CT molecular complexity index is 658. The van der Waals surface area contributed by atoms with Crippen molar-refractivity contribution in [3.05, 3.63) is 29.3 Å². The van der Waals surface area contributed by atoms with Gasteiger partial charge in [-0.15, -0.1) is 0 Å². The van der Waals surface area contributed by atoms with Crippen molar-refractivity contribution >= 4 is 11.6 Å². The summed E-state index contributed by atoms with van der Waals surface area (Å²) in [6.07, 6.45) is -5.03. The van der Waals surface area contributed by atoms with Gasteiger partial charge in [0, 0.05) is 23.3 Å². The average molecular weight is 330 g/mol. The Morgan fingerprint density at radius 3 is 2.65 bits per heavy atom. The molecule has 0 saturated heterocycles. The summed E-state index contributed by atoms with van der Waals surface area (Å²) in [5.74, 6) is -1.33. The number of aromatic hydroxyl groups is 1. The first-order chi connectivity index (χ1) is 10.6. The molecule has 0 bridgehead atoms. The number of alkyl halides is 3. The molecule has 23 heavy (non-hydrogen) atoms. The number of carbonyl (C=O) groups is 1. The molecule has 2 rings (SSSR count). The number of rotatable bonds is 3. The number of nitrogens with zero attached hydrogens (tertiary/aromatic N) is 2. The topological polar surface area (TPSA) is 73.1 Å². The quantitative estimate of drug-likeness (QED) is 0.895. The standard InChI is InChI=1S/C15H17F3N2O3/c1-3-5-10-8-14(23,15(16,17)18)20(19-10)13(22)11-6-4-7-12(21)9(11)2/h4,6-7,21,23H,3,5,8H2,1-2H3. The third kappa shape index (κ3) is 2.90. The number of carbonyl (C=O) groups excluding carboxylic acids is 1. The molecule has 1 atom stereocenters. The number of hydrogen-bond donors (Lipinski definition) is 2. The molecule has 0 radical (unpaired) electrons. The molecule has 1 amide bonds. The van der Waals surface area contributed by atoms with Crippen LogP contribution in [0.3, 0.4) is 0 Å². The van der Waals surface area contributed by atoms with E-state index >= 15 is 0 Å². The molecule has 0 aromatic heterocycles. The molecule has 0 spiro atoms. The molecule has 0 fully saturated rings. The number of phenolic OH excluding ortho intramolecular Hbond substituents is 1. The molecule has 2 N–H and O–H groups in total. The highest BCUT2D eigenvalue weighted by atomic mass is 19.4. The van der Waals surface area contributed by atoms with E-state index in [1.165, 1.54) is 25.1 Å². The van der Waals surface area contributed by atoms with Crippen LogP contribution in [0.4, 0.5) is 13.2 Å².